The maximum atomic E-state index is 13.4. The number of likely N-dealkylation sites (N-methyl/N-ethyl adjacent to an activating group) is 1. The zero-order chi connectivity index (χ0) is 15.4. The minimum absolute atomic E-state index is 0.196. The van der Waals surface area contributed by atoms with Gasteiger partial charge in [-0.05, 0) is 65.1 Å². The second-order valence-electron chi connectivity index (χ2n) is 5.09. The zero-order valence-electron chi connectivity index (χ0n) is 12.1. The van der Waals surface area contributed by atoms with Gasteiger partial charge in [0.15, 0.2) is 0 Å². The number of benzene rings is 2. The molecule has 0 saturated heterocycles. The van der Waals surface area contributed by atoms with E-state index in [0.29, 0.717) is 4.47 Å². The molecule has 0 fully saturated rings. The molecule has 0 aliphatic rings. The molecular weight excluding hydrogens is 397 g/mol. The number of hydrogen-bond donors (Lipinski definition) is 1. The number of aryl methyl sites for hydroxylation is 1. The quantitative estimate of drug-likeness (QED) is 0.675. The first-order valence-corrected chi connectivity index (χ1v) is 8.53. The van der Waals surface area contributed by atoms with E-state index in [0.717, 1.165) is 23.0 Å². The molecule has 0 amide bonds. The Balaban J connectivity index is 2.30. The molecule has 0 heterocycles. The summed E-state index contributed by atoms with van der Waals surface area (Å²) in [6.07, 6.45) is 0.814. The second kappa shape index (κ2) is 7.52. The summed E-state index contributed by atoms with van der Waals surface area (Å²) in [5, 5.41) is 3.51. The highest BCUT2D eigenvalue weighted by atomic mass is 79.9. The SMILES string of the molecule is CCNC(Cc1ccc(F)c(Br)c1)c1cc(C)ccc1Br. The average molecular weight is 415 g/mol. The fourth-order valence-electron chi connectivity index (χ4n) is 2.37. The Kier molecular flexibility index (Phi) is 5.97. The van der Waals surface area contributed by atoms with E-state index >= 15 is 0 Å². The van der Waals surface area contributed by atoms with E-state index in [1.807, 2.05) is 12.1 Å². The average Bonchev–Trinajstić information content (AvgIpc) is 2.45. The van der Waals surface area contributed by atoms with Gasteiger partial charge in [-0.3, -0.25) is 0 Å². The van der Waals surface area contributed by atoms with Gasteiger partial charge in [0.2, 0.25) is 0 Å². The maximum absolute atomic E-state index is 13.4. The summed E-state index contributed by atoms with van der Waals surface area (Å²) < 4.78 is 15.0. The standard InChI is InChI=1S/C17H18Br2FN/c1-3-21-17(13-8-11(2)4-6-14(13)18)10-12-5-7-16(20)15(19)9-12/h4-9,17,21H,3,10H2,1-2H3. The smallest absolute Gasteiger partial charge is 0.137 e. The molecule has 2 aromatic rings. The maximum Gasteiger partial charge on any atom is 0.137 e. The van der Waals surface area contributed by atoms with E-state index in [1.165, 1.54) is 17.2 Å². The fourth-order valence-corrected chi connectivity index (χ4v) is 3.32. The van der Waals surface area contributed by atoms with Crippen LogP contribution in [0.15, 0.2) is 45.3 Å². The van der Waals surface area contributed by atoms with E-state index in [2.05, 4.69) is 69.2 Å². The monoisotopic (exact) mass is 413 g/mol. The third kappa shape index (κ3) is 4.38. The molecule has 0 bridgehead atoms. The molecule has 0 aliphatic carbocycles. The second-order valence-corrected chi connectivity index (χ2v) is 6.80. The van der Waals surface area contributed by atoms with Crippen molar-refractivity contribution in [3.05, 3.63) is 67.9 Å². The van der Waals surface area contributed by atoms with E-state index in [9.17, 15) is 4.39 Å². The topological polar surface area (TPSA) is 12.0 Å². The Morgan fingerprint density at radius 1 is 1.10 bits per heavy atom. The summed E-state index contributed by atoms with van der Waals surface area (Å²) >= 11 is 6.88. The molecule has 0 spiro atoms. The van der Waals surface area contributed by atoms with Crippen LogP contribution in [0.5, 0.6) is 0 Å². The van der Waals surface area contributed by atoms with E-state index in [-0.39, 0.29) is 11.9 Å². The van der Waals surface area contributed by atoms with Crippen molar-refractivity contribution in [1.29, 1.82) is 0 Å². The minimum atomic E-state index is -0.226. The van der Waals surface area contributed by atoms with Gasteiger partial charge in [0.1, 0.15) is 5.82 Å². The van der Waals surface area contributed by atoms with Gasteiger partial charge in [-0.15, -0.1) is 0 Å². The largest absolute Gasteiger partial charge is 0.310 e. The zero-order valence-corrected chi connectivity index (χ0v) is 15.3. The summed E-state index contributed by atoms with van der Waals surface area (Å²) in [4.78, 5) is 0. The predicted molar refractivity (Wildman–Crippen MR) is 93.1 cm³/mol. The van der Waals surface area contributed by atoms with Crippen molar-refractivity contribution in [3.63, 3.8) is 0 Å². The van der Waals surface area contributed by atoms with E-state index in [4.69, 9.17) is 0 Å². The van der Waals surface area contributed by atoms with Crippen molar-refractivity contribution in [3.8, 4) is 0 Å². The van der Waals surface area contributed by atoms with Gasteiger partial charge in [0.25, 0.3) is 0 Å². The summed E-state index contributed by atoms with van der Waals surface area (Å²) in [6, 6.07) is 11.8. The van der Waals surface area contributed by atoms with Gasteiger partial charge in [0, 0.05) is 10.5 Å². The first-order valence-electron chi connectivity index (χ1n) is 6.94. The van der Waals surface area contributed by atoms with Crippen LogP contribution in [0, 0.1) is 12.7 Å². The van der Waals surface area contributed by atoms with Crippen LogP contribution < -0.4 is 5.32 Å². The Bertz CT molecular complexity index is 628. The minimum Gasteiger partial charge on any atom is -0.310 e. The van der Waals surface area contributed by atoms with E-state index in [1.54, 1.807) is 0 Å². The molecule has 1 atom stereocenters. The first kappa shape index (κ1) is 16.7. The van der Waals surface area contributed by atoms with Crippen LogP contribution in [0.3, 0.4) is 0 Å². The summed E-state index contributed by atoms with van der Waals surface area (Å²) in [5.41, 5.74) is 3.57. The van der Waals surface area contributed by atoms with Crippen LogP contribution in [0.2, 0.25) is 0 Å². The molecular formula is C17H18Br2FN. The highest BCUT2D eigenvalue weighted by molar-refractivity contribution is 9.10. The lowest BCUT2D eigenvalue weighted by Crippen LogP contribution is -2.23. The Morgan fingerprint density at radius 2 is 1.86 bits per heavy atom. The molecule has 1 N–H and O–H groups in total. The van der Waals surface area contributed by atoms with Gasteiger partial charge in [-0.25, -0.2) is 4.39 Å². The van der Waals surface area contributed by atoms with Gasteiger partial charge in [0.05, 0.1) is 4.47 Å². The van der Waals surface area contributed by atoms with Crippen molar-refractivity contribution in [2.24, 2.45) is 0 Å². The number of nitrogens with one attached hydrogen (secondary N) is 1. The van der Waals surface area contributed by atoms with Gasteiger partial charge in [-0.2, -0.15) is 0 Å². The predicted octanol–water partition coefficient (Wildman–Crippen LogP) is 5.55. The van der Waals surface area contributed by atoms with E-state index < -0.39 is 0 Å². The molecule has 4 heteroatoms. The normalized spacial score (nSPS) is 12.4. The Labute approximate surface area is 142 Å². The van der Waals surface area contributed by atoms with Crippen molar-refractivity contribution in [1.82, 2.24) is 5.32 Å². The van der Waals surface area contributed by atoms with Crippen LogP contribution in [-0.2, 0) is 6.42 Å². The highest BCUT2D eigenvalue weighted by Gasteiger charge is 2.15. The molecule has 2 aromatic carbocycles. The molecule has 1 nitrogen and oxygen atoms in total. The van der Waals surface area contributed by atoms with Crippen molar-refractivity contribution < 1.29 is 4.39 Å². The summed E-state index contributed by atoms with van der Waals surface area (Å²) in [6.45, 7) is 5.07. The first-order chi connectivity index (χ1) is 10.0. The Hall–Kier alpha value is -0.710. The van der Waals surface area contributed by atoms with Crippen LogP contribution in [0.25, 0.3) is 0 Å². The third-order valence-corrected chi connectivity index (χ3v) is 4.73. The number of hydrogen-bond acceptors (Lipinski definition) is 1. The lowest BCUT2D eigenvalue weighted by atomic mass is 9.97. The van der Waals surface area contributed by atoms with Crippen molar-refractivity contribution in [2.75, 3.05) is 6.54 Å². The molecule has 2 rings (SSSR count). The summed E-state index contributed by atoms with van der Waals surface area (Å²) in [5.74, 6) is -0.226. The lowest BCUT2D eigenvalue weighted by molar-refractivity contribution is 0.546. The van der Waals surface area contributed by atoms with Gasteiger partial charge in [-0.1, -0.05) is 46.6 Å². The fraction of sp³-hybridized carbons (Fsp3) is 0.294. The molecule has 0 aliphatic heterocycles. The Morgan fingerprint density at radius 3 is 2.52 bits per heavy atom. The molecule has 21 heavy (non-hydrogen) atoms. The van der Waals surface area contributed by atoms with Crippen LogP contribution >= 0.6 is 31.9 Å². The molecule has 0 aromatic heterocycles. The third-order valence-electron chi connectivity index (χ3n) is 3.40. The van der Waals surface area contributed by atoms with Crippen LogP contribution in [0.1, 0.15) is 29.7 Å². The molecule has 1 unspecified atom stereocenters. The number of rotatable bonds is 5. The van der Waals surface area contributed by atoms with Crippen molar-refractivity contribution in [2.45, 2.75) is 26.3 Å². The molecule has 0 radical (unpaired) electrons. The molecule has 112 valence electrons. The molecule has 0 saturated carbocycles. The van der Waals surface area contributed by atoms with Gasteiger partial charge >= 0.3 is 0 Å². The van der Waals surface area contributed by atoms with Crippen LogP contribution in [0.4, 0.5) is 4.39 Å². The van der Waals surface area contributed by atoms with Gasteiger partial charge < -0.3 is 5.32 Å². The summed E-state index contributed by atoms with van der Waals surface area (Å²) in [7, 11) is 0. The highest BCUT2D eigenvalue weighted by Crippen LogP contribution is 2.28. The number of halogens is 3. The lowest BCUT2D eigenvalue weighted by Gasteiger charge is -2.20. The van der Waals surface area contributed by atoms with Crippen LogP contribution in [-0.4, -0.2) is 6.54 Å². The van der Waals surface area contributed by atoms with Crippen molar-refractivity contribution >= 4 is 31.9 Å².